The van der Waals surface area contributed by atoms with Gasteiger partial charge in [-0.25, -0.2) is 4.98 Å². The second kappa shape index (κ2) is 4.90. The standard InChI is InChI=1S/C10H13N3OS2/c1-7-6-16-9(12-7)2-3-13-8(5-14)4-11-10(13)15/h4,6,14H,2-3,5H2,1H3,(H,11,15). The van der Waals surface area contributed by atoms with Gasteiger partial charge in [0.2, 0.25) is 0 Å². The van der Waals surface area contributed by atoms with Crippen LogP contribution < -0.4 is 0 Å². The van der Waals surface area contributed by atoms with E-state index in [9.17, 15) is 0 Å². The van der Waals surface area contributed by atoms with Crippen molar-refractivity contribution in [3.05, 3.63) is 32.7 Å². The summed E-state index contributed by atoms with van der Waals surface area (Å²) in [5, 5.41) is 12.3. The summed E-state index contributed by atoms with van der Waals surface area (Å²) in [5.74, 6) is 0. The highest BCUT2D eigenvalue weighted by atomic mass is 32.1. The van der Waals surface area contributed by atoms with E-state index in [-0.39, 0.29) is 6.61 Å². The average Bonchev–Trinajstić information content (AvgIpc) is 2.82. The predicted octanol–water partition coefficient (Wildman–Crippen LogP) is 2.05. The summed E-state index contributed by atoms with van der Waals surface area (Å²) in [7, 11) is 0. The molecule has 0 saturated heterocycles. The highest BCUT2D eigenvalue weighted by molar-refractivity contribution is 7.71. The first-order valence-electron chi connectivity index (χ1n) is 4.99. The van der Waals surface area contributed by atoms with Gasteiger partial charge in [-0.1, -0.05) is 0 Å². The number of H-pyrrole nitrogens is 1. The maximum atomic E-state index is 9.13. The maximum absolute atomic E-state index is 9.13. The van der Waals surface area contributed by atoms with Crippen molar-refractivity contribution in [2.24, 2.45) is 0 Å². The fourth-order valence-corrected chi connectivity index (χ4v) is 2.57. The van der Waals surface area contributed by atoms with Crippen molar-refractivity contribution in [3.8, 4) is 0 Å². The van der Waals surface area contributed by atoms with Gasteiger partial charge in [0, 0.05) is 30.2 Å². The number of aliphatic hydroxyl groups excluding tert-OH is 1. The van der Waals surface area contributed by atoms with Gasteiger partial charge in [-0.05, 0) is 19.1 Å². The number of thiazole rings is 1. The van der Waals surface area contributed by atoms with Crippen molar-refractivity contribution in [3.63, 3.8) is 0 Å². The van der Waals surface area contributed by atoms with E-state index in [0.717, 1.165) is 29.4 Å². The molecule has 86 valence electrons. The first kappa shape index (κ1) is 11.5. The Morgan fingerprint density at radius 1 is 1.62 bits per heavy atom. The quantitative estimate of drug-likeness (QED) is 0.822. The van der Waals surface area contributed by atoms with E-state index in [4.69, 9.17) is 17.3 Å². The molecule has 0 bridgehead atoms. The second-order valence-corrected chi connectivity index (χ2v) is 4.86. The molecule has 0 aliphatic carbocycles. The molecular formula is C10H13N3OS2. The predicted molar refractivity (Wildman–Crippen MR) is 66.1 cm³/mol. The van der Waals surface area contributed by atoms with Crippen molar-refractivity contribution >= 4 is 23.6 Å². The van der Waals surface area contributed by atoms with Crippen LogP contribution in [0.3, 0.4) is 0 Å². The lowest BCUT2D eigenvalue weighted by Gasteiger charge is -2.04. The van der Waals surface area contributed by atoms with E-state index in [1.165, 1.54) is 0 Å². The molecule has 2 aromatic rings. The Morgan fingerprint density at radius 2 is 2.44 bits per heavy atom. The van der Waals surface area contributed by atoms with E-state index in [1.807, 2.05) is 16.9 Å². The molecule has 0 fully saturated rings. The summed E-state index contributed by atoms with van der Waals surface area (Å²) >= 11 is 6.80. The molecule has 6 heteroatoms. The summed E-state index contributed by atoms with van der Waals surface area (Å²) in [6.07, 6.45) is 2.59. The Morgan fingerprint density at radius 3 is 3.06 bits per heavy atom. The first-order chi connectivity index (χ1) is 7.70. The number of imidazole rings is 1. The number of hydrogen-bond donors (Lipinski definition) is 2. The van der Waals surface area contributed by atoms with Crippen LogP contribution in [0.4, 0.5) is 0 Å². The number of nitrogens with one attached hydrogen (secondary N) is 1. The summed E-state index contributed by atoms with van der Waals surface area (Å²) in [6, 6.07) is 0. The van der Waals surface area contributed by atoms with Crippen LogP contribution in [0.25, 0.3) is 0 Å². The topological polar surface area (TPSA) is 53.8 Å². The SMILES string of the molecule is Cc1csc(CCn2c(CO)c[nH]c2=S)n1. The molecule has 0 atom stereocenters. The third kappa shape index (κ3) is 2.40. The minimum Gasteiger partial charge on any atom is -0.390 e. The second-order valence-electron chi connectivity index (χ2n) is 3.53. The minimum absolute atomic E-state index is 0.00400. The molecule has 0 unspecified atom stereocenters. The molecule has 2 heterocycles. The Bertz CT molecular complexity index is 526. The van der Waals surface area contributed by atoms with E-state index in [0.29, 0.717) is 4.77 Å². The molecular weight excluding hydrogens is 242 g/mol. The third-order valence-electron chi connectivity index (χ3n) is 2.33. The molecule has 0 aromatic carbocycles. The van der Waals surface area contributed by atoms with Crippen LogP contribution in [0.2, 0.25) is 0 Å². The Kier molecular flexibility index (Phi) is 3.52. The number of aliphatic hydroxyl groups is 1. The average molecular weight is 255 g/mol. The van der Waals surface area contributed by atoms with Crippen LogP contribution in [0, 0.1) is 11.7 Å². The van der Waals surface area contributed by atoms with Crippen molar-refractivity contribution < 1.29 is 5.11 Å². The fourth-order valence-electron chi connectivity index (χ4n) is 1.53. The Balaban J connectivity index is 2.09. The molecule has 2 aromatic heterocycles. The van der Waals surface area contributed by atoms with Crippen LogP contribution in [0.5, 0.6) is 0 Å². The van der Waals surface area contributed by atoms with E-state index >= 15 is 0 Å². The van der Waals surface area contributed by atoms with Crippen molar-refractivity contribution in [1.82, 2.24) is 14.5 Å². The molecule has 0 amide bonds. The number of aromatic nitrogens is 3. The van der Waals surface area contributed by atoms with Gasteiger partial charge in [0.1, 0.15) is 0 Å². The van der Waals surface area contributed by atoms with Crippen LogP contribution >= 0.6 is 23.6 Å². The molecule has 4 nitrogen and oxygen atoms in total. The largest absolute Gasteiger partial charge is 0.390 e. The van der Waals surface area contributed by atoms with Gasteiger partial charge < -0.3 is 14.7 Å². The molecule has 2 N–H and O–H groups in total. The minimum atomic E-state index is 0.00400. The summed E-state index contributed by atoms with van der Waals surface area (Å²) in [6.45, 7) is 2.75. The van der Waals surface area contributed by atoms with Crippen LogP contribution in [0.1, 0.15) is 16.4 Å². The maximum Gasteiger partial charge on any atom is 0.177 e. The molecule has 0 aliphatic heterocycles. The number of hydrogen-bond acceptors (Lipinski definition) is 4. The summed E-state index contributed by atoms with van der Waals surface area (Å²) in [5.41, 5.74) is 1.87. The molecule has 0 saturated carbocycles. The highest BCUT2D eigenvalue weighted by Crippen LogP contribution is 2.11. The van der Waals surface area contributed by atoms with Crippen LogP contribution in [0.15, 0.2) is 11.6 Å². The van der Waals surface area contributed by atoms with Crippen molar-refractivity contribution in [2.45, 2.75) is 26.5 Å². The number of aryl methyl sites for hydroxylation is 2. The molecule has 0 spiro atoms. The van der Waals surface area contributed by atoms with Crippen LogP contribution in [-0.2, 0) is 19.6 Å². The van der Waals surface area contributed by atoms with E-state index < -0.39 is 0 Å². The van der Waals surface area contributed by atoms with Gasteiger partial charge in [0.05, 0.1) is 17.3 Å². The third-order valence-corrected chi connectivity index (χ3v) is 3.70. The Hall–Kier alpha value is -0.980. The van der Waals surface area contributed by atoms with E-state index in [1.54, 1.807) is 17.5 Å². The zero-order chi connectivity index (χ0) is 11.5. The van der Waals surface area contributed by atoms with Gasteiger partial charge in [0.15, 0.2) is 4.77 Å². The highest BCUT2D eigenvalue weighted by Gasteiger charge is 2.04. The lowest BCUT2D eigenvalue weighted by atomic mass is 10.4. The molecule has 2 rings (SSSR count). The van der Waals surface area contributed by atoms with Gasteiger partial charge in [0.25, 0.3) is 0 Å². The van der Waals surface area contributed by atoms with Gasteiger partial charge in [-0.3, -0.25) is 0 Å². The zero-order valence-corrected chi connectivity index (χ0v) is 10.6. The van der Waals surface area contributed by atoms with Crippen molar-refractivity contribution in [1.29, 1.82) is 0 Å². The fraction of sp³-hybridized carbons (Fsp3) is 0.400. The summed E-state index contributed by atoms with van der Waals surface area (Å²) in [4.78, 5) is 7.32. The molecule has 0 radical (unpaired) electrons. The monoisotopic (exact) mass is 255 g/mol. The number of aromatic amines is 1. The lowest BCUT2D eigenvalue weighted by Crippen LogP contribution is -2.05. The van der Waals surface area contributed by atoms with Crippen molar-refractivity contribution in [2.75, 3.05) is 0 Å². The smallest absolute Gasteiger partial charge is 0.177 e. The van der Waals surface area contributed by atoms with Gasteiger partial charge in [-0.2, -0.15) is 0 Å². The molecule has 0 aliphatic rings. The number of rotatable bonds is 4. The van der Waals surface area contributed by atoms with Gasteiger partial charge in [-0.15, -0.1) is 11.3 Å². The number of nitrogens with zero attached hydrogens (tertiary/aromatic N) is 2. The van der Waals surface area contributed by atoms with Crippen LogP contribution in [-0.4, -0.2) is 19.6 Å². The first-order valence-corrected chi connectivity index (χ1v) is 6.28. The van der Waals surface area contributed by atoms with E-state index in [2.05, 4.69) is 9.97 Å². The zero-order valence-electron chi connectivity index (χ0n) is 8.93. The normalized spacial score (nSPS) is 10.9. The summed E-state index contributed by atoms with van der Waals surface area (Å²) < 4.78 is 2.56. The molecule has 16 heavy (non-hydrogen) atoms. The van der Waals surface area contributed by atoms with Gasteiger partial charge >= 0.3 is 0 Å². The Labute approximate surface area is 103 Å². The lowest BCUT2D eigenvalue weighted by molar-refractivity contribution is 0.270.